The van der Waals surface area contributed by atoms with Gasteiger partial charge in [0.15, 0.2) is 10.8 Å². The maximum absolute atomic E-state index is 10.8. The zero-order chi connectivity index (χ0) is 13.1. The second kappa shape index (κ2) is 5.47. The van der Waals surface area contributed by atoms with Gasteiger partial charge in [0.2, 0.25) is 0 Å². The largest absolute Gasteiger partial charge is 0.389 e. The molecule has 0 spiro atoms. The average Bonchev–Trinajstić information content (AvgIpc) is 2.81. The van der Waals surface area contributed by atoms with Crippen LogP contribution in [0.15, 0.2) is 18.5 Å². The molecule has 96 valence electrons. The molecular weight excluding hydrogens is 254 g/mol. The summed E-state index contributed by atoms with van der Waals surface area (Å²) in [7, 11) is 0. The molecule has 0 radical (unpaired) electrons. The van der Waals surface area contributed by atoms with E-state index < -0.39 is 12.2 Å². The van der Waals surface area contributed by atoms with Gasteiger partial charge in [-0.2, -0.15) is 0 Å². The molecule has 2 heterocycles. The van der Waals surface area contributed by atoms with E-state index in [0.29, 0.717) is 16.9 Å². The van der Waals surface area contributed by atoms with E-state index in [0.717, 1.165) is 11.8 Å². The van der Waals surface area contributed by atoms with Crippen molar-refractivity contribution in [1.29, 1.82) is 0 Å². The van der Waals surface area contributed by atoms with Crippen molar-refractivity contribution in [3.05, 3.63) is 24.2 Å². The third-order valence-corrected chi connectivity index (χ3v) is 3.32. The lowest BCUT2D eigenvalue weighted by atomic mass is 10.2. The molecule has 0 aromatic carbocycles. The molecule has 2 atom stereocenters. The number of H-pyrrole nitrogens is 1. The highest BCUT2D eigenvalue weighted by Crippen LogP contribution is 2.19. The number of aromatic nitrogens is 3. The molecule has 6 nitrogen and oxygen atoms in total. The molecule has 2 unspecified atom stereocenters. The lowest BCUT2D eigenvalue weighted by molar-refractivity contribution is -0.109. The molecule has 3 N–H and O–H groups in total. The monoisotopic (exact) mass is 267 g/mol. The average molecular weight is 267 g/mol. The fraction of sp³-hybridized carbons (Fsp3) is 0.364. The number of carbonyl (C=O) groups excluding carboxylic acids is 1. The number of fused-ring (bicyclic) bond motifs is 1. The fourth-order valence-corrected chi connectivity index (χ4v) is 2.07. The second-order valence-electron chi connectivity index (χ2n) is 3.82. The summed E-state index contributed by atoms with van der Waals surface area (Å²) in [6.45, 7) is 1.41. The van der Waals surface area contributed by atoms with E-state index in [1.165, 1.54) is 13.1 Å². The van der Waals surface area contributed by atoms with Gasteiger partial charge in [-0.05, 0) is 6.07 Å². The predicted molar refractivity (Wildman–Crippen MR) is 68.0 cm³/mol. The lowest BCUT2D eigenvalue weighted by Crippen LogP contribution is -2.22. The molecule has 0 saturated heterocycles. The normalized spacial score (nSPS) is 14.6. The van der Waals surface area contributed by atoms with E-state index >= 15 is 0 Å². The topological polar surface area (TPSA) is 99.1 Å². The second-order valence-corrected chi connectivity index (χ2v) is 5.02. The van der Waals surface area contributed by atoms with Crippen molar-refractivity contribution in [2.45, 2.75) is 19.1 Å². The maximum Gasteiger partial charge on any atom is 0.185 e. The van der Waals surface area contributed by atoms with E-state index in [-0.39, 0.29) is 10.9 Å². The highest BCUT2D eigenvalue weighted by Gasteiger charge is 2.21. The minimum Gasteiger partial charge on any atom is -0.389 e. The van der Waals surface area contributed by atoms with Crippen LogP contribution in [0.4, 0.5) is 0 Å². The fourth-order valence-electron chi connectivity index (χ4n) is 1.48. The molecule has 18 heavy (non-hydrogen) atoms. The molecule has 0 aliphatic heterocycles. The van der Waals surface area contributed by atoms with Gasteiger partial charge < -0.3 is 15.2 Å². The Morgan fingerprint density at radius 2 is 2.33 bits per heavy atom. The van der Waals surface area contributed by atoms with Crippen molar-refractivity contribution >= 4 is 28.0 Å². The molecule has 2 aromatic rings. The Morgan fingerprint density at radius 1 is 1.56 bits per heavy atom. The van der Waals surface area contributed by atoms with Gasteiger partial charge in [0.1, 0.15) is 11.6 Å². The first-order chi connectivity index (χ1) is 8.58. The Hall–Kier alpha value is -1.44. The Balaban J connectivity index is 2.11. The van der Waals surface area contributed by atoms with Crippen LogP contribution in [0.2, 0.25) is 0 Å². The van der Waals surface area contributed by atoms with Gasteiger partial charge in [0, 0.05) is 18.9 Å². The highest BCUT2D eigenvalue weighted by molar-refractivity contribution is 8.13. The zero-order valence-corrected chi connectivity index (χ0v) is 10.5. The first kappa shape index (κ1) is 13.0. The molecule has 0 amide bonds. The molecule has 0 bridgehead atoms. The third-order valence-electron chi connectivity index (χ3n) is 2.40. The summed E-state index contributed by atoms with van der Waals surface area (Å²) in [5.41, 5.74) is 1.54. The third kappa shape index (κ3) is 2.87. The highest BCUT2D eigenvalue weighted by atomic mass is 32.2. The number of thioether (sulfide) groups is 1. The van der Waals surface area contributed by atoms with Crippen molar-refractivity contribution in [3.8, 4) is 0 Å². The van der Waals surface area contributed by atoms with Gasteiger partial charge in [-0.25, -0.2) is 9.97 Å². The predicted octanol–water partition coefficient (Wildman–Crippen LogP) is 0.632. The summed E-state index contributed by atoms with van der Waals surface area (Å²) < 4.78 is 0. The summed E-state index contributed by atoms with van der Waals surface area (Å²) in [6.07, 6.45) is 0.904. The van der Waals surface area contributed by atoms with E-state index in [2.05, 4.69) is 15.0 Å². The van der Waals surface area contributed by atoms with Crippen LogP contribution in [0, 0.1) is 0 Å². The van der Waals surface area contributed by atoms with E-state index in [9.17, 15) is 15.0 Å². The van der Waals surface area contributed by atoms with E-state index in [1.807, 2.05) is 0 Å². The molecule has 0 fully saturated rings. The molecule has 2 rings (SSSR count). The van der Waals surface area contributed by atoms with Crippen LogP contribution < -0.4 is 0 Å². The Bertz CT molecular complexity index is 557. The van der Waals surface area contributed by atoms with Gasteiger partial charge in [-0.3, -0.25) is 4.79 Å². The SMILES string of the molecule is CC(=O)SCC(O)C(O)c1cnc2[nH]ccc2n1. The van der Waals surface area contributed by atoms with Crippen LogP contribution in [-0.4, -0.2) is 42.1 Å². The number of nitrogens with one attached hydrogen (secondary N) is 1. The standard InChI is InChI=1S/C11H13N3O3S/c1-6(15)18-5-9(16)10(17)8-4-13-11-7(14-8)2-3-12-11/h2-4,9-10,16-17H,5H2,1H3,(H,12,13). The van der Waals surface area contributed by atoms with Crippen LogP contribution in [0.25, 0.3) is 11.2 Å². The van der Waals surface area contributed by atoms with Gasteiger partial charge in [0.25, 0.3) is 0 Å². The molecule has 2 aromatic heterocycles. The summed E-state index contributed by atoms with van der Waals surface area (Å²) in [6, 6.07) is 1.73. The Kier molecular flexibility index (Phi) is 3.95. The number of aliphatic hydroxyl groups excluding tert-OH is 2. The number of nitrogens with zero attached hydrogens (tertiary/aromatic N) is 2. The molecule has 0 aliphatic rings. The molecule has 0 saturated carbocycles. The van der Waals surface area contributed by atoms with Gasteiger partial charge in [-0.15, -0.1) is 0 Å². The van der Waals surface area contributed by atoms with E-state index in [1.54, 1.807) is 12.3 Å². The van der Waals surface area contributed by atoms with Gasteiger partial charge in [0.05, 0.1) is 18.0 Å². The van der Waals surface area contributed by atoms with Crippen LogP contribution in [-0.2, 0) is 4.79 Å². The summed E-state index contributed by atoms with van der Waals surface area (Å²) in [4.78, 5) is 21.9. The van der Waals surface area contributed by atoms with E-state index in [4.69, 9.17) is 0 Å². The lowest BCUT2D eigenvalue weighted by Gasteiger charge is -2.15. The Labute approximate surface area is 107 Å². The first-order valence-electron chi connectivity index (χ1n) is 5.37. The number of hydrogen-bond acceptors (Lipinski definition) is 6. The van der Waals surface area contributed by atoms with Crippen molar-refractivity contribution in [2.75, 3.05) is 5.75 Å². The zero-order valence-electron chi connectivity index (χ0n) is 9.70. The van der Waals surface area contributed by atoms with Crippen molar-refractivity contribution in [2.24, 2.45) is 0 Å². The summed E-state index contributed by atoms with van der Waals surface area (Å²) in [5.74, 6) is 0.128. The number of hydrogen-bond donors (Lipinski definition) is 3. The molecule has 7 heteroatoms. The number of carbonyl (C=O) groups is 1. The van der Waals surface area contributed by atoms with Crippen molar-refractivity contribution in [3.63, 3.8) is 0 Å². The summed E-state index contributed by atoms with van der Waals surface area (Å²) >= 11 is 0.964. The Morgan fingerprint density at radius 3 is 3.06 bits per heavy atom. The van der Waals surface area contributed by atoms with Crippen LogP contribution in [0.3, 0.4) is 0 Å². The van der Waals surface area contributed by atoms with Crippen LogP contribution in [0.5, 0.6) is 0 Å². The molecule has 0 aliphatic carbocycles. The van der Waals surface area contributed by atoms with Gasteiger partial charge in [-0.1, -0.05) is 11.8 Å². The van der Waals surface area contributed by atoms with Gasteiger partial charge >= 0.3 is 0 Å². The minimum atomic E-state index is -1.15. The number of aliphatic hydroxyl groups is 2. The number of rotatable bonds is 4. The smallest absolute Gasteiger partial charge is 0.185 e. The van der Waals surface area contributed by atoms with Crippen molar-refractivity contribution in [1.82, 2.24) is 15.0 Å². The first-order valence-corrected chi connectivity index (χ1v) is 6.36. The molecular formula is C11H13N3O3S. The van der Waals surface area contributed by atoms with Crippen molar-refractivity contribution < 1.29 is 15.0 Å². The summed E-state index contributed by atoms with van der Waals surface area (Å²) in [5, 5.41) is 19.6. The van der Waals surface area contributed by atoms with Crippen LogP contribution >= 0.6 is 11.8 Å². The maximum atomic E-state index is 10.8. The van der Waals surface area contributed by atoms with Crippen LogP contribution in [0.1, 0.15) is 18.7 Å². The quantitative estimate of drug-likeness (QED) is 0.751. The minimum absolute atomic E-state index is 0.103. The number of aromatic amines is 1.